The van der Waals surface area contributed by atoms with E-state index < -0.39 is 0 Å². The van der Waals surface area contributed by atoms with Crippen LogP contribution in [0.1, 0.15) is 55.1 Å². The van der Waals surface area contributed by atoms with Crippen LogP contribution in [0, 0.1) is 6.57 Å². The van der Waals surface area contributed by atoms with E-state index in [0.717, 1.165) is 37.4 Å². The molecule has 28 heavy (non-hydrogen) atoms. The minimum Gasteiger partial charge on any atom is -0.509 e. The second-order valence-electron chi connectivity index (χ2n) is 8.49. The van der Waals surface area contributed by atoms with Crippen LogP contribution in [0.5, 0.6) is 5.75 Å². The normalized spacial score (nSPS) is 26.1. The highest BCUT2D eigenvalue weighted by molar-refractivity contribution is 5.77. The summed E-state index contributed by atoms with van der Waals surface area (Å²) in [5.74, 6) is 2.11. The number of likely N-dealkylation sites (tertiary alicyclic amines) is 1. The fourth-order valence-electron chi connectivity index (χ4n) is 5.37. The van der Waals surface area contributed by atoms with Crippen molar-refractivity contribution in [3.63, 3.8) is 0 Å². The molecule has 2 N–H and O–H groups in total. The molecule has 2 fully saturated rings. The third-order valence-corrected chi connectivity index (χ3v) is 6.63. The Morgan fingerprint density at radius 3 is 2.75 bits per heavy atom. The van der Waals surface area contributed by atoms with Gasteiger partial charge in [0.25, 0.3) is 0 Å². The average molecular weight is 375 g/mol. The number of benzene rings is 1. The molecule has 144 valence electrons. The molecule has 2 aliphatic carbocycles. The predicted molar refractivity (Wildman–Crippen MR) is 109 cm³/mol. The van der Waals surface area contributed by atoms with E-state index >= 15 is 0 Å². The standard InChI is InChI=1S/C22H25N5O/c1-23-15-7-8-17(18(28)11-15)21-19-13-5-6-14(10-13)20(19)22(26-25-21)24-16-4-3-9-27(2)12-16/h7-8,11,13-14,16,28H,3-6,9-10,12H2,2H3,(H,24,26)/t13?,14?,16-/m1/s1. The topological polar surface area (TPSA) is 65.6 Å². The van der Waals surface area contributed by atoms with E-state index in [1.165, 1.54) is 36.5 Å². The molecule has 5 rings (SSSR count). The minimum atomic E-state index is 0.113. The van der Waals surface area contributed by atoms with E-state index in [1.807, 2.05) is 6.07 Å². The fourth-order valence-corrected chi connectivity index (χ4v) is 5.37. The number of aromatic nitrogens is 2. The Morgan fingerprint density at radius 1 is 1.18 bits per heavy atom. The minimum absolute atomic E-state index is 0.113. The zero-order valence-electron chi connectivity index (χ0n) is 16.1. The maximum Gasteiger partial charge on any atom is 0.190 e. The second kappa shape index (κ2) is 6.75. The Hall–Kier alpha value is -2.65. The number of piperidine rings is 1. The number of hydrogen-bond acceptors (Lipinski definition) is 5. The average Bonchev–Trinajstić information content (AvgIpc) is 3.31. The Labute approximate surface area is 165 Å². The van der Waals surface area contributed by atoms with Crippen molar-refractivity contribution in [1.82, 2.24) is 15.1 Å². The largest absolute Gasteiger partial charge is 0.509 e. The first-order chi connectivity index (χ1) is 13.6. The first-order valence-electron chi connectivity index (χ1n) is 10.2. The van der Waals surface area contributed by atoms with Crippen LogP contribution in [-0.4, -0.2) is 46.4 Å². The van der Waals surface area contributed by atoms with Crippen molar-refractivity contribution in [2.24, 2.45) is 0 Å². The van der Waals surface area contributed by atoms with Gasteiger partial charge in [0.2, 0.25) is 0 Å². The van der Waals surface area contributed by atoms with E-state index in [9.17, 15) is 5.11 Å². The molecule has 3 aliphatic rings. The lowest BCUT2D eigenvalue weighted by molar-refractivity contribution is 0.260. The van der Waals surface area contributed by atoms with Crippen LogP contribution >= 0.6 is 0 Å². The lowest BCUT2D eigenvalue weighted by atomic mass is 9.88. The maximum atomic E-state index is 10.5. The van der Waals surface area contributed by atoms with Gasteiger partial charge in [0, 0.05) is 23.7 Å². The summed E-state index contributed by atoms with van der Waals surface area (Å²) in [5, 5.41) is 23.4. The summed E-state index contributed by atoms with van der Waals surface area (Å²) in [5.41, 5.74) is 4.51. The van der Waals surface area contributed by atoms with Gasteiger partial charge in [-0.15, -0.1) is 10.2 Å². The van der Waals surface area contributed by atoms with Gasteiger partial charge in [-0.25, -0.2) is 4.85 Å². The van der Waals surface area contributed by atoms with Crippen LogP contribution in [0.2, 0.25) is 0 Å². The lowest BCUT2D eigenvalue weighted by Crippen LogP contribution is -2.40. The molecule has 6 heteroatoms. The van der Waals surface area contributed by atoms with Crippen molar-refractivity contribution in [1.29, 1.82) is 0 Å². The highest BCUT2D eigenvalue weighted by Gasteiger charge is 2.42. The molecular formula is C22H25N5O. The molecule has 2 aromatic rings. The molecule has 1 aliphatic heterocycles. The summed E-state index contributed by atoms with van der Waals surface area (Å²) >= 11 is 0. The number of fused-ring (bicyclic) bond motifs is 5. The highest BCUT2D eigenvalue weighted by atomic mass is 16.3. The zero-order chi connectivity index (χ0) is 19.3. The van der Waals surface area contributed by atoms with Crippen LogP contribution < -0.4 is 5.32 Å². The Morgan fingerprint density at radius 2 is 2.00 bits per heavy atom. The van der Waals surface area contributed by atoms with Gasteiger partial charge >= 0.3 is 0 Å². The third kappa shape index (κ3) is 2.82. The molecule has 0 radical (unpaired) electrons. The van der Waals surface area contributed by atoms with Crippen LogP contribution in [0.3, 0.4) is 0 Å². The molecule has 0 amide bonds. The number of aromatic hydroxyl groups is 1. The SMILES string of the molecule is [C-]#[N+]c1ccc(-c2nnc(N[C@@H]3CCCN(C)C3)c3c2C2CCC3C2)c(O)c1. The van der Waals surface area contributed by atoms with E-state index in [4.69, 9.17) is 6.57 Å². The Kier molecular flexibility index (Phi) is 4.21. The molecule has 2 bridgehead atoms. The van der Waals surface area contributed by atoms with Gasteiger partial charge < -0.3 is 15.3 Å². The molecular weight excluding hydrogens is 350 g/mol. The second-order valence-corrected chi connectivity index (χ2v) is 8.49. The zero-order valence-corrected chi connectivity index (χ0v) is 16.1. The van der Waals surface area contributed by atoms with E-state index in [0.29, 0.717) is 29.1 Å². The fraction of sp³-hybridized carbons (Fsp3) is 0.500. The number of rotatable bonds is 3. The lowest BCUT2D eigenvalue weighted by Gasteiger charge is -2.31. The molecule has 2 heterocycles. The smallest absolute Gasteiger partial charge is 0.190 e. The Bertz CT molecular complexity index is 966. The molecule has 6 nitrogen and oxygen atoms in total. The number of phenols is 1. The highest BCUT2D eigenvalue weighted by Crippen LogP contribution is 2.57. The number of hydrogen-bond donors (Lipinski definition) is 2. The molecule has 0 spiro atoms. The van der Waals surface area contributed by atoms with Gasteiger partial charge in [-0.3, -0.25) is 0 Å². The number of nitrogens with zero attached hydrogens (tertiary/aromatic N) is 4. The first kappa shape index (κ1) is 17.4. The summed E-state index contributed by atoms with van der Waals surface area (Å²) in [6, 6.07) is 5.48. The van der Waals surface area contributed by atoms with Crippen molar-refractivity contribution in [2.75, 3.05) is 25.5 Å². The van der Waals surface area contributed by atoms with Gasteiger partial charge in [-0.05, 0) is 69.2 Å². The summed E-state index contributed by atoms with van der Waals surface area (Å²) in [4.78, 5) is 5.77. The number of nitrogens with one attached hydrogen (secondary N) is 1. The number of phenolic OH excluding ortho intramolecular Hbond substituents is 1. The van der Waals surface area contributed by atoms with E-state index in [-0.39, 0.29) is 5.75 Å². The molecule has 1 aromatic carbocycles. The van der Waals surface area contributed by atoms with Crippen molar-refractivity contribution >= 4 is 11.5 Å². The van der Waals surface area contributed by atoms with Gasteiger partial charge in [-0.2, -0.15) is 0 Å². The number of likely N-dealkylation sites (N-methyl/N-ethyl adjacent to an activating group) is 1. The molecule has 1 aromatic heterocycles. The van der Waals surface area contributed by atoms with E-state index in [1.54, 1.807) is 6.07 Å². The van der Waals surface area contributed by atoms with Gasteiger partial charge in [0.1, 0.15) is 11.4 Å². The monoisotopic (exact) mass is 375 g/mol. The van der Waals surface area contributed by atoms with Crippen LogP contribution in [-0.2, 0) is 0 Å². The Balaban J connectivity index is 1.56. The summed E-state index contributed by atoms with van der Waals surface area (Å²) in [6.07, 6.45) is 5.92. The van der Waals surface area contributed by atoms with Crippen molar-refractivity contribution in [3.8, 4) is 17.0 Å². The van der Waals surface area contributed by atoms with Gasteiger partial charge in [-0.1, -0.05) is 12.1 Å². The molecule has 1 saturated heterocycles. The van der Waals surface area contributed by atoms with Gasteiger partial charge in [0.15, 0.2) is 11.5 Å². The predicted octanol–water partition coefficient (Wildman–Crippen LogP) is 4.27. The summed E-state index contributed by atoms with van der Waals surface area (Å²) in [6.45, 7) is 9.34. The third-order valence-electron chi connectivity index (χ3n) is 6.63. The van der Waals surface area contributed by atoms with Crippen molar-refractivity contribution < 1.29 is 5.11 Å². The summed E-state index contributed by atoms with van der Waals surface area (Å²) < 4.78 is 0. The van der Waals surface area contributed by atoms with Crippen molar-refractivity contribution in [3.05, 3.63) is 40.7 Å². The quantitative estimate of drug-likeness (QED) is 0.784. The number of anilines is 1. The van der Waals surface area contributed by atoms with Crippen LogP contribution in [0.25, 0.3) is 16.1 Å². The van der Waals surface area contributed by atoms with Crippen molar-refractivity contribution in [2.45, 2.75) is 50.0 Å². The van der Waals surface area contributed by atoms with Crippen LogP contribution in [0.4, 0.5) is 11.5 Å². The molecule has 1 saturated carbocycles. The first-order valence-corrected chi connectivity index (χ1v) is 10.2. The van der Waals surface area contributed by atoms with E-state index in [2.05, 4.69) is 32.3 Å². The maximum absolute atomic E-state index is 10.5. The molecule has 2 unspecified atom stereocenters. The van der Waals surface area contributed by atoms with Crippen LogP contribution in [0.15, 0.2) is 18.2 Å². The van der Waals surface area contributed by atoms with Gasteiger partial charge in [0.05, 0.1) is 6.57 Å². The summed E-state index contributed by atoms with van der Waals surface area (Å²) in [7, 11) is 2.17. The molecule has 3 atom stereocenters.